The molecule has 0 N–H and O–H groups in total. The Kier molecular flexibility index (Phi) is 8.72. The van der Waals surface area contributed by atoms with Crippen LogP contribution in [0.4, 0.5) is 0 Å². The van der Waals surface area contributed by atoms with Crippen LogP contribution in [0.25, 0.3) is 89.5 Å². The van der Waals surface area contributed by atoms with Crippen LogP contribution in [0.1, 0.15) is 41.4 Å². The fraction of sp³-hybridized carbons (Fsp3) is 0.0755. The summed E-state index contributed by atoms with van der Waals surface area (Å²) >= 11 is 0. The molecule has 0 fully saturated rings. The van der Waals surface area contributed by atoms with E-state index in [1.54, 1.807) is 0 Å². The van der Waals surface area contributed by atoms with Crippen LogP contribution in [0.3, 0.4) is 0 Å². The number of aromatic nitrogens is 3. The van der Waals surface area contributed by atoms with E-state index in [4.69, 9.17) is 19.4 Å². The molecule has 1 aliphatic carbocycles. The lowest BCUT2D eigenvalue weighted by Crippen LogP contribution is -2.00. The van der Waals surface area contributed by atoms with E-state index in [0.717, 1.165) is 57.4 Å². The third-order valence-corrected chi connectivity index (χ3v) is 11.1. The Morgan fingerprint density at radius 2 is 1.14 bits per heavy atom. The number of furan rings is 1. The Bertz CT molecular complexity index is 3080. The molecule has 0 amide bonds. The van der Waals surface area contributed by atoms with Crippen LogP contribution in [0.5, 0.6) is 0 Å². The van der Waals surface area contributed by atoms with Gasteiger partial charge in [-0.25, -0.2) is 15.0 Å². The molecule has 4 heteroatoms. The first-order valence-corrected chi connectivity index (χ1v) is 19.6. The number of rotatable bonds is 7. The maximum Gasteiger partial charge on any atom is 0.164 e. The highest BCUT2D eigenvalue weighted by Crippen LogP contribution is 2.42. The van der Waals surface area contributed by atoms with Gasteiger partial charge in [0, 0.05) is 34.1 Å². The zero-order valence-electron chi connectivity index (χ0n) is 31.9. The summed E-state index contributed by atoms with van der Waals surface area (Å²) in [5, 5.41) is 6.16. The molecule has 0 radical (unpaired) electrons. The summed E-state index contributed by atoms with van der Waals surface area (Å²) in [5.74, 6) is 2.87. The molecule has 0 atom stereocenters. The lowest BCUT2D eigenvalue weighted by atomic mass is 9.86. The summed E-state index contributed by atoms with van der Waals surface area (Å²) < 4.78 is 6.72. The topological polar surface area (TPSA) is 51.8 Å². The fourth-order valence-electron chi connectivity index (χ4n) is 8.33. The van der Waals surface area contributed by atoms with E-state index >= 15 is 0 Å². The predicted molar refractivity (Wildman–Crippen MR) is 237 cm³/mol. The number of benzene rings is 7. The predicted octanol–water partition coefficient (Wildman–Crippen LogP) is 13.9. The molecule has 0 saturated carbocycles. The van der Waals surface area contributed by atoms with E-state index in [0.29, 0.717) is 17.5 Å². The van der Waals surface area contributed by atoms with E-state index in [-0.39, 0.29) is 0 Å². The fourth-order valence-corrected chi connectivity index (χ4v) is 8.33. The zero-order chi connectivity index (χ0) is 38.3. The van der Waals surface area contributed by atoms with Gasteiger partial charge in [-0.05, 0) is 99.5 Å². The maximum atomic E-state index is 6.72. The van der Waals surface area contributed by atoms with Crippen LogP contribution < -0.4 is 0 Å². The normalized spacial score (nSPS) is 12.9. The Hall–Kier alpha value is -7.17. The number of fused-ring (bicyclic) bond motifs is 6. The second-order valence-corrected chi connectivity index (χ2v) is 14.6. The SMILES string of the molecule is C/C=C\C=C/c1c(C)c2ccccc2c2cc(C3=CCCc4oc5cc(-c6nc(-c7ccccc7)nc(-c7cccc(-c8ccccc8)c7)n6)ccc5c43)ccc12. The summed E-state index contributed by atoms with van der Waals surface area (Å²) in [6.45, 7) is 4.28. The molecule has 10 rings (SSSR count). The number of aryl methyl sites for hydroxylation is 2. The second-order valence-electron chi connectivity index (χ2n) is 14.6. The molecule has 0 aliphatic heterocycles. The lowest BCUT2D eigenvalue weighted by Gasteiger charge is -2.17. The average Bonchev–Trinajstić information content (AvgIpc) is 3.66. The van der Waals surface area contributed by atoms with E-state index in [9.17, 15) is 0 Å². The van der Waals surface area contributed by atoms with Gasteiger partial charge in [-0.1, -0.05) is 152 Å². The molecule has 0 unspecified atom stereocenters. The van der Waals surface area contributed by atoms with Crippen molar-refractivity contribution in [1.29, 1.82) is 0 Å². The van der Waals surface area contributed by atoms with E-state index < -0.39 is 0 Å². The Morgan fingerprint density at radius 1 is 0.509 bits per heavy atom. The standard InChI is InChI=1S/C53H39N3O/c1-3-4-7-22-42-34(2)41-23-12-13-24-44(41)47-32-38(27-29-45(42)47)43-25-15-26-48-50(43)46-30-28-40(33-49(46)57-48)53-55-51(36-18-10-6-11-19-36)54-52(56-53)39-21-14-20-37(31-39)35-16-8-5-9-17-35/h3-14,16-25,27-33H,15,26H2,1-2H3/b4-3-,22-7-. The summed E-state index contributed by atoms with van der Waals surface area (Å²) in [7, 11) is 0. The van der Waals surface area contributed by atoms with Gasteiger partial charge in [0.15, 0.2) is 17.5 Å². The molecule has 4 nitrogen and oxygen atoms in total. The minimum absolute atomic E-state index is 0.604. The highest BCUT2D eigenvalue weighted by Gasteiger charge is 2.24. The summed E-state index contributed by atoms with van der Waals surface area (Å²) in [4.78, 5) is 15.1. The summed E-state index contributed by atoms with van der Waals surface area (Å²) in [5.41, 5.74) is 12.0. The van der Waals surface area contributed by atoms with Gasteiger partial charge in [0.2, 0.25) is 0 Å². The van der Waals surface area contributed by atoms with Crippen molar-refractivity contribution < 1.29 is 4.42 Å². The molecule has 1 aliphatic rings. The third kappa shape index (κ3) is 6.26. The van der Waals surface area contributed by atoms with Crippen molar-refractivity contribution in [3.8, 4) is 45.3 Å². The van der Waals surface area contributed by atoms with Gasteiger partial charge in [0.1, 0.15) is 11.3 Å². The Balaban J connectivity index is 1.08. The molecule has 2 heterocycles. The second kappa shape index (κ2) is 14.5. The van der Waals surface area contributed by atoms with Crippen molar-refractivity contribution in [2.75, 3.05) is 0 Å². The Labute approximate surface area is 332 Å². The number of hydrogen-bond acceptors (Lipinski definition) is 4. The van der Waals surface area contributed by atoms with Gasteiger partial charge in [0.25, 0.3) is 0 Å². The summed E-state index contributed by atoms with van der Waals surface area (Å²) in [6.07, 6.45) is 12.7. The number of hydrogen-bond donors (Lipinski definition) is 0. The van der Waals surface area contributed by atoms with E-state index in [1.807, 2.05) is 43.3 Å². The van der Waals surface area contributed by atoms with E-state index in [1.165, 1.54) is 49.4 Å². The van der Waals surface area contributed by atoms with Crippen LogP contribution in [0.15, 0.2) is 174 Å². The van der Waals surface area contributed by atoms with Gasteiger partial charge in [-0.3, -0.25) is 0 Å². The van der Waals surface area contributed by atoms with Crippen LogP contribution in [0.2, 0.25) is 0 Å². The highest BCUT2D eigenvalue weighted by atomic mass is 16.3. The molecule has 0 bridgehead atoms. The zero-order valence-corrected chi connectivity index (χ0v) is 31.9. The quantitative estimate of drug-likeness (QED) is 0.121. The molecule has 57 heavy (non-hydrogen) atoms. The largest absolute Gasteiger partial charge is 0.460 e. The van der Waals surface area contributed by atoms with Gasteiger partial charge in [-0.2, -0.15) is 0 Å². The van der Waals surface area contributed by atoms with Crippen LogP contribution in [-0.4, -0.2) is 15.0 Å². The minimum Gasteiger partial charge on any atom is -0.460 e. The van der Waals surface area contributed by atoms with Crippen LogP contribution in [0, 0.1) is 6.92 Å². The van der Waals surface area contributed by atoms with Gasteiger partial charge in [-0.15, -0.1) is 0 Å². The first-order valence-electron chi connectivity index (χ1n) is 19.6. The van der Waals surface area contributed by atoms with Gasteiger partial charge in [0.05, 0.1) is 0 Å². The maximum absolute atomic E-state index is 6.72. The van der Waals surface area contributed by atoms with Crippen molar-refractivity contribution in [3.63, 3.8) is 0 Å². The first kappa shape index (κ1) is 34.3. The van der Waals surface area contributed by atoms with Crippen LogP contribution >= 0.6 is 0 Å². The number of nitrogens with zero attached hydrogens (tertiary/aromatic N) is 3. The molecule has 272 valence electrons. The summed E-state index contributed by atoms with van der Waals surface area (Å²) in [6, 6.07) is 51.0. The first-order chi connectivity index (χ1) is 28.1. The molecule has 2 aromatic heterocycles. The molecule has 0 saturated heterocycles. The molecule has 9 aromatic rings. The van der Waals surface area contributed by atoms with Gasteiger partial charge >= 0.3 is 0 Å². The van der Waals surface area contributed by atoms with Crippen molar-refractivity contribution in [2.24, 2.45) is 0 Å². The third-order valence-electron chi connectivity index (χ3n) is 11.1. The molecular formula is C53H39N3O. The van der Waals surface area contributed by atoms with Crippen molar-refractivity contribution >= 4 is 44.2 Å². The van der Waals surface area contributed by atoms with Gasteiger partial charge < -0.3 is 4.42 Å². The lowest BCUT2D eigenvalue weighted by molar-refractivity contribution is 0.545. The van der Waals surface area contributed by atoms with Crippen molar-refractivity contribution in [3.05, 3.63) is 198 Å². The average molecular weight is 734 g/mol. The monoisotopic (exact) mass is 733 g/mol. The Morgan fingerprint density at radius 3 is 1.91 bits per heavy atom. The number of allylic oxidation sites excluding steroid dienone is 4. The highest BCUT2D eigenvalue weighted by molar-refractivity contribution is 6.14. The molecule has 0 spiro atoms. The molecule has 7 aromatic carbocycles. The van der Waals surface area contributed by atoms with Crippen LogP contribution in [-0.2, 0) is 6.42 Å². The van der Waals surface area contributed by atoms with E-state index in [2.05, 4.69) is 146 Å². The van der Waals surface area contributed by atoms with Crippen molar-refractivity contribution in [1.82, 2.24) is 15.0 Å². The smallest absolute Gasteiger partial charge is 0.164 e. The minimum atomic E-state index is 0.604. The van der Waals surface area contributed by atoms with Crippen molar-refractivity contribution in [2.45, 2.75) is 26.7 Å². The molecular weight excluding hydrogens is 695 g/mol.